The Bertz CT molecular complexity index is 602. The van der Waals surface area contributed by atoms with Crippen molar-refractivity contribution >= 4 is 23.3 Å². The van der Waals surface area contributed by atoms with E-state index >= 15 is 0 Å². The lowest BCUT2D eigenvalue weighted by atomic mass is 9.97. The van der Waals surface area contributed by atoms with Gasteiger partial charge in [-0.15, -0.1) is 0 Å². The van der Waals surface area contributed by atoms with Crippen LogP contribution in [0.4, 0.5) is 16.2 Å². The number of rotatable bonds is 2. The monoisotopic (exact) mass is 301 g/mol. The highest BCUT2D eigenvalue weighted by Gasteiger charge is 2.40. The normalized spacial score (nSPS) is 18.2. The van der Waals surface area contributed by atoms with E-state index in [0.717, 1.165) is 24.2 Å². The maximum atomic E-state index is 12.5. The van der Waals surface area contributed by atoms with E-state index in [4.69, 9.17) is 0 Å². The molecule has 22 heavy (non-hydrogen) atoms. The highest BCUT2D eigenvalue weighted by atomic mass is 16.2. The molecule has 1 heterocycles. The molecule has 2 aliphatic rings. The van der Waals surface area contributed by atoms with Gasteiger partial charge >= 0.3 is 6.03 Å². The van der Waals surface area contributed by atoms with Gasteiger partial charge in [0.05, 0.1) is 11.4 Å². The van der Waals surface area contributed by atoms with Crippen molar-refractivity contribution in [1.29, 1.82) is 0 Å². The van der Waals surface area contributed by atoms with Gasteiger partial charge in [-0.3, -0.25) is 9.69 Å². The molecule has 0 aromatic heterocycles. The maximum Gasteiger partial charge on any atom is 0.322 e. The third kappa shape index (κ3) is 2.93. The van der Waals surface area contributed by atoms with E-state index in [1.165, 1.54) is 0 Å². The Morgan fingerprint density at radius 2 is 1.86 bits per heavy atom. The van der Waals surface area contributed by atoms with Gasteiger partial charge in [-0.1, -0.05) is 32.9 Å². The van der Waals surface area contributed by atoms with Gasteiger partial charge in [0, 0.05) is 12.6 Å². The number of nitrogens with one attached hydrogen (secondary N) is 1. The zero-order valence-electron chi connectivity index (χ0n) is 13.4. The van der Waals surface area contributed by atoms with E-state index in [-0.39, 0.29) is 23.9 Å². The van der Waals surface area contributed by atoms with Gasteiger partial charge in [-0.05, 0) is 30.4 Å². The van der Waals surface area contributed by atoms with Gasteiger partial charge in [0.2, 0.25) is 5.91 Å². The van der Waals surface area contributed by atoms with Crippen LogP contribution in [0.15, 0.2) is 24.3 Å². The number of amides is 3. The average Bonchev–Trinajstić information content (AvgIpc) is 3.27. The van der Waals surface area contributed by atoms with Gasteiger partial charge in [-0.25, -0.2) is 4.79 Å². The molecule has 3 amide bonds. The zero-order chi connectivity index (χ0) is 15.9. The summed E-state index contributed by atoms with van der Waals surface area (Å²) in [5.41, 5.74) is 1.68. The van der Waals surface area contributed by atoms with Gasteiger partial charge in [-0.2, -0.15) is 0 Å². The number of nitrogens with zero attached hydrogens (tertiary/aromatic N) is 2. The van der Waals surface area contributed by atoms with E-state index < -0.39 is 0 Å². The summed E-state index contributed by atoms with van der Waals surface area (Å²) in [5.74, 6) is 0.00658. The Kier molecular flexibility index (Phi) is 3.59. The first kappa shape index (κ1) is 14.9. The lowest BCUT2D eigenvalue weighted by molar-refractivity contribution is -0.117. The van der Waals surface area contributed by atoms with E-state index in [9.17, 15) is 9.59 Å². The molecule has 1 aliphatic carbocycles. The summed E-state index contributed by atoms with van der Waals surface area (Å²) in [5, 5.41) is 2.93. The van der Waals surface area contributed by atoms with Crippen molar-refractivity contribution < 1.29 is 9.59 Å². The summed E-state index contributed by atoms with van der Waals surface area (Å²) in [6.07, 6.45) is 2.10. The lowest BCUT2D eigenvalue weighted by Crippen LogP contribution is -2.52. The van der Waals surface area contributed by atoms with Crippen LogP contribution >= 0.6 is 0 Å². The SMILES string of the molecule is CC(C)(C)CNC(=O)N1CC(=O)N(C2CC2)c2ccccc21. The van der Waals surface area contributed by atoms with Gasteiger partial charge in [0.1, 0.15) is 6.54 Å². The molecule has 1 aliphatic heterocycles. The first-order valence-electron chi connectivity index (χ1n) is 7.83. The molecular formula is C17H23N3O2. The van der Waals surface area contributed by atoms with Gasteiger partial charge in [0.25, 0.3) is 0 Å². The Morgan fingerprint density at radius 1 is 1.23 bits per heavy atom. The van der Waals surface area contributed by atoms with Crippen LogP contribution in [-0.2, 0) is 4.79 Å². The second-order valence-corrected chi connectivity index (χ2v) is 7.29. The van der Waals surface area contributed by atoms with Crippen molar-refractivity contribution in [3.05, 3.63) is 24.3 Å². The van der Waals surface area contributed by atoms with Crippen molar-refractivity contribution in [3.63, 3.8) is 0 Å². The van der Waals surface area contributed by atoms with Crippen molar-refractivity contribution in [2.45, 2.75) is 39.7 Å². The fraction of sp³-hybridized carbons (Fsp3) is 0.529. The van der Waals surface area contributed by atoms with Gasteiger partial charge in [0.15, 0.2) is 0 Å². The molecule has 0 saturated heterocycles. The number of urea groups is 1. The largest absolute Gasteiger partial charge is 0.337 e. The summed E-state index contributed by atoms with van der Waals surface area (Å²) in [4.78, 5) is 28.4. The molecule has 0 unspecified atom stereocenters. The smallest absolute Gasteiger partial charge is 0.322 e. The predicted octanol–water partition coefficient (Wildman–Crippen LogP) is 2.76. The van der Waals surface area contributed by atoms with Crippen molar-refractivity contribution in [2.24, 2.45) is 5.41 Å². The maximum absolute atomic E-state index is 12.5. The molecule has 3 rings (SSSR count). The Balaban J connectivity index is 1.85. The third-order valence-electron chi connectivity index (χ3n) is 3.92. The highest BCUT2D eigenvalue weighted by molar-refractivity contribution is 6.11. The fourth-order valence-electron chi connectivity index (χ4n) is 2.68. The van der Waals surface area contributed by atoms with E-state index in [0.29, 0.717) is 12.6 Å². The number of hydrogen-bond donors (Lipinski definition) is 1. The summed E-state index contributed by atoms with van der Waals surface area (Å²) in [6.45, 7) is 6.89. The number of para-hydroxylation sites is 2. The average molecular weight is 301 g/mol. The number of fused-ring (bicyclic) bond motifs is 1. The first-order chi connectivity index (χ1) is 10.4. The van der Waals surface area contributed by atoms with Crippen LogP contribution in [0, 0.1) is 5.41 Å². The number of benzene rings is 1. The number of anilines is 2. The van der Waals surface area contributed by atoms with Crippen LogP contribution in [0.25, 0.3) is 0 Å². The molecule has 1 N–H and O–H groups in total. The molecule has 0 atom stereocenters. The van der Waals surface area contributed by atoms with Crippen LogP contribution in [0.3, 0.4) is 0 Å². The Hall–Kier alpha value is -2.04. The lowest BCUT2D eigenvalue weighted by Gasteiger charge is -2.36. The minimum atomic E-state index is -0.203. The number of hydrogen-bond acceptors (Lipinski definition) is 2. The van der Waals surface area contributed by atoms with Crippen LogP contribution in [0.1, 0.15) is 33.6 Å². The molecule has 1 aromatic carbocycles. The molecule has 5 nitrogen and oxygen atoms in total. The highest BCUT2D eigenvalue weighted by Crippen LogP contribution is 2.40. The third-order valence-corrected chi connectivity index (χ3v) is 3.92. The minimum Gasteiger partial charge on any atom is -0.337 e. The van der Waals surface area contributed by atoms with Gasteiger partial charge < -0.3 is 10.2 Å². The predicted molar refractivity (Wildman–Crippen MR) is 87.1 cm³/mol. The second kappa shape index (κ2) is 5.30. The molecule has 0 radical (unpaired) electrons. The van der Waals surface area contributed by atoms with Crippen LogP contribution in [0.2, 0.25) is 0 Å². The van der Waals surface area contributed by atoms with E-state index in [1.807, 2.05) is 29.2 Å². The van der Waals surface area contributed by atoms with E-state index in [1.54, 1.807) is 4.90 Å². The molecule has 118 valence electrons. The van der Waals surface area contributed by atoms with Crippen LogP contribution in [-0.4, -0.2) is 31.1 Å². The molecule has 0 spiro atoms. The summed E-state index contributed by atoms with van der Waals surface area (Å²) in [6, 6.07) is 7.77. The summed E-state index contributed by atoms with van der Waals surface area (Å²) >= 11 is 0. The van der Waals surface area contributed by atoms with E-state index in [2.05, 4.69) is 26.1 Å². The molecule has 5 heteroatoms. The topological polar surface area (TPSA) is 52.7 Å². The molecule has 1 fully saturated rings. The second-order valence-electron chi connectivity index (χ2n) is 7.29. The minimum absolute atomic E-state index is 0.00658. The standard InChI is InChI=1S/C17H23N3O2/c1-17(2,3)11-18-16(22)19-10-15(21)20(12-8-9-12)14-7-5-4-6-13(14)19/h4-7,12H,8-11H2,1-3H3,(H,18,22). The number of carbonyl (C=O) groups is 2. The molecule has 1 aromatic rings. The Labute approximate surface area is 131 Å². The summed E-state index contributed by atoms with van der Waals surface area (Å²) < 4.78 is 0. The fourth-order valence-corrected chi connectivity index (χ4v) is 2.68. The quantitative estimate of drug-likeness (QED) is 0.913. The Morgan fingerprint density at radius 3 is 2.45 bits per heavy atom. The van der Waals surface area contributed by atoms with Crippen molar-refractivity contribution in [1.82, 2.24) is 5.32 Å². The molecule has 0 bridgehead atoms. The van der Waals surface area contributed by atoms with Crippen molar-refractivity contribution in [2.75, 3.05) is 22.9 Å². The van der Waals surface area contributed by atoms with Crippen LogP contribution in [0.5, 0.6) is 0 Å². The zero-order valence-corrected chi connectivity index (χ0v) is 13.4. The molecular weight excluding hydrogens is 278 g/mol. The summed E-state index contributed by atoms with van der Waals surface area (Å²) in [7, 11) is 0. The van der Waals surface area contributed by atoms with Crippen LogP contribution < -0.4 is 15.1 Å². The van der Waals surface area contributed by atoms with Crippen molar-refractivity contribution in [3.8, 4) is 0 Å². The first-order valence-corrected chi connectivity index (χ1v) is 7.83. The number of carbonyl (C=O) groups excluding carboxylic acids is 2. The molecule has 1 saturated carbocycles.